The van der Waals surface area contributed by atoms with Crippen LogP contribution in [0.25, 0.3) is 0 Å². The summed E-state index contributed by atoms with van der Waals surface area (Å²) in [6.45, 7) is 0.497. The number of halogens is 3. The standard InChI is InChI=1S/C9H9ClFNO.ClH/c10-5-1-2-6(11)8-7(12)3-4-13-9(5)8;/h1-2,7H,3-4,12H2;1H/t7-;/m1./s1. The van der Waals surface area contributed by atoms with Crippen molar-refractivity contribution in [1.29, 1.82) is 0 Å². The minimum absolute atomic E-state index is 0. The van der Waals surface area contributed by atoms with Crippen molar-refractivity contribution in [2.24, 2.45) is 5.73 Å². The van der Waals surface area contributed by atoms with Crippen LogP contribution in [0.1, 0.15) is 18.0 Å². The highest BCUT2D eigenvalue weighted by Gasteiger charge is 2.23. The van der Waals surface area contributed by atoms with Gasteiger partial charge < -0.3 is 10.5 Å². The van der Waals surface area contributed by atoms with E-state index < -0.39 is 0 Å². The summed E-state index contributed by atoms with van der Waals surface area (Å²) in [5.74, 6) is 0.0621. The fraction of sp³-hybridized carbons (Fsp3) is 0.333. The number of hydrogen-bond donors (Lipinski definition) is 1. The summed E-state index contributed by atoms with van der Waals surface area (Å²) in [6, 6.07) is 2.49. The van der Waals surface area contributed by atoms with Crippen molar-refractivity contribution in [3.8, 4) is 5.75 Å². The summed E-state index contributed by atoms with van der Waals surface area (Å²) in [7, 11) is 0. The van der Waals surface area contributed by atoms with E-state index in [1.54, 1.807) is 0 Å². The number of hydrogen-bond acceptors (Lipinski definition) is 2. The van der Waals surface area contributed by atoms with Crippen LogP contribution in [0, 0.1) is 5.82 Å². The largest absolute Gasteiger partial charge is 0.491 e. The molecule has 1 atom stereocenters. The maximum Gasteiger partial charge on any atom is 0.145 e. The number of benzene rings is 1. The van der Waals surface area contributed by atoms with Crippen molar-refractivity contribution in [1.82, 2.24) is 0 Å². The minimum Gasteiger partial charge on any atom is -0.491 e. The molecule has 0 saturated carbocycles. The Morgan fingerprint density at radius 1 is 1.50 bits per heavy atom. The molecule has 1 aromatic carbocycles. The molecule has 1 heterocycles. The van der Waals surface area contributed by atoms with Crippen LogP contribution < -0.4 is 10.5 Å². The highest BCUT2D eigenvalue weighted by Crippen LogP contribution is 2.38. The van der Waals surface area contributed by atoms with Crippen LogP contribution in [0.2, 0.25) is 5.02 Å². The first kappa shape index (κ1) is 11.6. The smallest absolute Gasteiger partial charge is 0.145 e. The number of fused-ring (bicyclic) bond motifs is 1. The molecule has 0 spiro atoms. The Morgan fingerprint density at radius 3 is 2.86 bits per heavy atom. The van der Waals surface area contributed by atoms with Crippen molar-refractivity contribution in [2.45, 2.75) is 12.5 Å². The van der Waals surface area contributed by atoms with E-state index in [4.69, 9.17) is 22.1 Å². The fourth-order valence-corrected chi connectivity index (χ4v) is 1.69. The van der Waals surface area contributed by atoms with Crippen LogP contribution in [-0.2, 0) is 0 Å². The Bertz CT molecular complexity index is 346. The Hall–Kier alpha value is -0.510. The molecule has 14 heavy (non-hydrogen) atoms. The van der Waals surface area contributed by atoms with E-state index in [0.717, 1.165) is 0 Å². The first-order valence-corrected chi connectivity index (χ1v) is 4.44. The van der Waals surface area contributed by atoms with E-state index in [9.17, 15) is 4.39 Å². The second-order valence-corrected chi connectivity index (χ2v) is 3.42. The predicted molar refractivity (Wildman–Crippen MR) is 55.7 cm³/mol. The van der Waals surface area contributed by atoms with E-state index in [2.05, 4.69) is 0 Å². The molecule has 0 aromatic heterocycles. The maximum absolute atomic E-state index is 13.3. The molecule has 2 nitrogen and oxygen atoms in total. The van der Waals surface area contributed by atoms with Gasteiger partial charge in [-0.05, 0) is 12.1 Å². The van der Waals surface area contributed by atoms with Gasteiger partial charge in [-0.1, -0.05) is 11.6 Å². The van der Waals surface area contributed by atoms with Gasteiger partial charge in [0.2, 0.25) is 0 Å². The van der Waals surface area contributed by atoms with Crippen LogP contribution in [0.4, 0.5) is 4.39 Å². The first-order valence-electron chi connectivity index (χ1n) is 4.06. The Labute approximate surface area is 92.6 Å². The molecular weight excluding hydrogens is 228 g/mol. The molecule has 2 N–H and O–H groups in total. The molecule has 1 aliphatic rings. The molecule has 0 fully saturated rings. The topological polar surface area (TPSA) is 35.2 Å². The van der Waals surface area contributed by atoms with Crippen LogP contribution in [0.5, 0.6) is 5.75 Å². The summed E-state index contributed by atoms with van der Waals surface area (Å²) in [6.07, 6.45) is 0.629. The quantitative estimate of drug-likeness (QED) is 0.754. The van der Waals surface area contributed by atoms with Crippen molar-refractivity contribution < 1.29 is 9.13 Å². The second kappa shape index (κ2) is 4.34. The maximum atomic E-state index is 13.3. The molecule has 78 valence electrons. The van der Waals surface area contributed by atoms with Crippen LogP contribution in [0.3, 0.4) is 0 Å². The molecule has 1 aromatic rings. The van der Waals surface area contributed by atoms with Gasteiger partial charge in [0, 0.05) is 18.0 Å². The van der Waals surface area contributed by atoms with Gasteiger partial charge in [0.25, 0.3) is 0 Å². The molecule has 0 saturated heterocycles. The van der Waals surface area contributed by atoms with E-state index >= 15 is 0 Å². The van der Waals surface area contributed by atoms with Gasteiger partial charge in [-0.25, -0.2) is 4.39 Å². The monoisotopic (exact) mass is 237 g/mol. The van der Waals surface area contributed by atoms with E-state index in [1.165, 1.54) is 12.1 Å². The third-order valence-corrected chi connectivity index (χ3v) is 2.44. The minimum atomic E-state index is -0.341. The SMILES string of the molecule is Cl.N[C@@H]1CCOc2c(Cl)ccc(F)c21. The normalized spacial score (nSPS) is 19.2. The van der Waals surface area contributed by atoms with E-state index in [0.29, 0.717) is 29.4 Å². The summed E-state index contributed by atoms with van der Waals surface area (Å²) < 4.78 is 18.5. The Morgan fingerprint density at radius 2 is 2.21 bits per heavy atom. The van der Waals surface area contributed by atoms with Crippen LogP contribution in [0.15, 0.2) is 12.1 Å². The first-order chi connectivity index (χ1) is 6.20. The zero-order chi connectivity index (χ0) is 9.42. The highest BCUT2D eigenvalue weighted by atomic mass is 35.5. The van der Waals surface area contributed by atoms with Crippen LogP contribution >= 0.6 is 24.0 Å². The molecule has 0 amide bonds. The third kappa shape index (κ3) is 1.80. The highest BCUT2D eigenvalue weighted by molar-refractivity contribution is 6.32. The molecule has 0 aliphatic carbocycles. The van der Waals surface area contributed by atoms with Crippen molar-refractivity contribution in [3.63, 3.8) is 0 Å². The van der Waals surface area contributed by atoms with Gasteiger partial charge in [-0.2, -0.15) is 0 Å². The lowest BCUT2D eigenvalue weighted by molar-refractivity contribution is 0.264. The summed E-state index contributed by atoms with van der Waals surface area (Å²) in [4.78, 5) is 0. The zero-order valence-electron chi connectivity index (χ0n) is 7.30. The van der Waals surface area contributed by atoms with E-state index in [1.807, 2.05) is 0 Å². The average Bonchev–Trinajstić information content (AvgIpc) is 2.12. The van der Waals surface area contributed by atoms with Gasteiger partial charge in [-0.15, -0.1) is 12.4 Å². The van der Waals surface area contributed by atoms with Gasteiger partial charge in [0.05, 0.1) is 11.6 Å². The molecule has 5 heteroatoms. The summed E-state index contributed by atoms with van der Waals surface area (Å²) >= 11 is 5.83. The van der Waals surface area contributed by atoms with Gasteiger partial charge in [0.15, 0.2) is 0 Å². The van der Waals surface area contributed by atoms with E-state index in [-0.39, 0.29) is 24.3 Å². The third-order valence-electron chi connectivity index (χ3n) is 2.14. The lowest BCUT2D eigenvalue weighted by Gasteiger charge is -2.23. The Balaban J connectivity index is 0.000000980. The van der Waals surface area contributed by atoms with Crippen molar-refractivity contribution in [3.05, 3.63) is 28.5 Å². The van der Waals surface area contributed by atoms with Crippen LogP contribution in [-0.4, -0.2) is 6.61 Å². The molecule has 0 bridgehead atoms. The summed E-state index contributed by atoms with van der Waals surface area (Å²) in [5, 5.41) is 0.423. The molecule has 0 unspecified atom stereocenters. The molecular formula is C9H10Cl2FNO. The second-order valence-electron chi connectivity index (χ2n) is 3.02. The van der Waals surface area contributed by atoms with Crippen molar-refractivity contribution in [2.75, 3.05) is 6.61 Å². The average molecular weight is 238 g/mol. The molecule has 0 radical (unpaired) electrons. The lowest BCUT2D eigenvalue weighted by atomic mass is 10.0. The fourth-order valence-electron chi connectivity index (χ4n) is 1.47. The molecule has 2 rings (SSSR count). The number of ether oxygens (including phenoxy) is 1. The predicted octanol–water partition coefficient (Wildman–Crippen LogP) is 2.68. The molecule has 1 aliphatic heterocycles. The van der Waals surface area contributed by atoms with Gasteiger partial charge >= 0.3 is 0 Å². The lowest BCUT2D eigenvalue weighted by Crippen LogP contribution is -2.22. The zero-order valence-corrected chi connectivity index (χ0v) is 8.87. The van der Waals surface area contributed by atoms with Gasteiger partial charge in [-0.3, -0.25) is 0 Å². The number of nitrogens with two attached hydrogens (primary N) is 1. The van der Waals surface area contributed by atoms with Gasteiger partial charge in [0.1, 0.15) is 11.6 Å². The summed E-state index contributed by atoms with van der Waals surface area (Å²) in [5.41, 5.74) is 6.14. The number of rotatable bonds is 0. The Kier molecular flexibility index (Phi) is 3.59. The van der Waals surface area contributed by atoms with Crippen molar-refractivity contribution >= 4 is 24.0 Å².